The Hall–Kier alpha value is -0.570. The fourth-order valence-electron chi connectivity index (χ4n) is 1.29. The summed E-state index contributed by atoms with van der Waals surface area (Å²) in [4.78, 5) is 12.9. The number of nitrogens with zero attached hydrogens (tertiary/aromatic N) is 1. The lowest BCUT2D eigenvalue weighted by Crippen LogP contribution is -2.36. The van der Waals surface area contributed by atoms with Gasteiger partial charge < -0.3 is 10.6 Å². The van der Waals surface area contributed by atoms with Crippen LogP contribution in [-0.2, 0) is 4.79 Å². The maximum absolute atomic E-state index is 10.7. The average molecular weight is 142 g/mol. The average Bonchev–Trinajstić information content (AvgIpc) is 1.88. The Balaban J connectivity index is 2.33. The molecule has 3 nitrogen and oxygen atoms in total. The first-order chi connectivity index (χ1) is 4.70. The lowest BCUT2D eigenvalue weighted by Gasteiger charge is -2.26. The van der Waals surface area contributed by atoms with Crippen molar-refractivity contribution in [3.63, 3.8) is 0 Å². The van der Waals surface area contributed by atoms with Gasteiger partial charge in [-0.15, -0.1) is 0 Å². The quantitative estimate of drug-likeness (QED) is 0.551. The Morgan fingerprint density at radius 1 is 1.50 bits per heavy atom. The highest BCUT2D eigenvalue weighted by Crippen LogP contribution is 2.14. The van der Waals surface area contributed by atoms with E-state index in [1.807, 2.05) is 0 Å². The minimum absolute atomic E-state index is 0.131. The molecule has 1 rings (SSSR count). The predicted molar refractivity (Wildman–Crippen MR) is 39.4 cm³/mol. The molecule has 10 heavy (non-hydrogen) atoms. The summed E-state index contributed by atoms with van der Waals surface area (Å²) in [5.41, 5.74) is 5.16. The van der Waals surface area contributed by atoms with E-state index in [0.29, 0.717) is 0 Å². The van der Waals surface area contributed by atoms with Crippen LogP contribution in [0.1, 0.15) is 12.8 Å². The van der Waals surface area contributed by atoms with Crippen LogP contribution in [0.3, 0.4) is 0 Å². The Kier molecular flexibility index (Phi) is 2.27. The summed E-state index contributed by atoms with van der Waals surface area (Å²) in [7, 11) is 2.07. The third kappa shape index (κ3) is 1.70. The summed E-state index contributed by atoms with van der Waals surface area (Å²) in [6.07, 6.45) is 1.87. The first-order valence-corrected chi connectivity index (χ1v) is 3.68. The van der Waals surface area contributed by atoms with Crippen molar-refractivity contribution >= 4 is 5.91 Å². The van der Waals surface area contributed by atoms with Gasteiger partial charge in [-0.05, 0) is 33.0 Å². The number of hydrogen-bond acceptors (Lipinski definition) is 2. The van der Waals surface area contributed by atoms with Gasteiger partial charge in [-0.2, -0.15) is 0 Å². The van der Waals surface area contributed by atoms with Crippen LogP contribution >= 0.6 is 0 Å². The molecular formula is C7H14N2O. The third-order valence-corrected chi connectivity index (χ3v) is 2.12. The van der Waals surface area contributed by atoms with Crippen molar-refractivity contribution in [3.8, 4) is 0 Å². The molecule has 0 aliphatic carbocycles. The van der Waals surface area contributed by atoms with Crippen LogP contribution in [0.25, 0.3) is 0 Å². The first kappa shape index (κ1) is 7.54. The minimum atomic E-state index is -0.131. The Morgan fingerprint density at radius 3 is 2.40 bits per heavy atom. The SMILES string of the molecule is CN1CCC(C(N)=O)CC1. The van der Waals surface area contributed by atoms with Gasteiger partial charge in [0, 0.05) is 5.92 Å². The fourth-order valence-corrected chi connectivity index (χ4v) is 1.29. The summed E-state index contributed by atoms with van der Waals surface area (Å²) in [5.74, 6) is 0.00398. The summed E-state index contributed by atoms with van der Waals surface area (Å²) < 4.78 is 0. The second kappa shape index (κ2) is 3.01. The first-order valence-electron chi connectivity index (χ1n) is 3.68. The Morgan fingerprint density at radius 2 is 2.00 bits per heavy atom. The van der Waals surface area contributed by atoms with Crippen molar-refractivity contribution in [1.82, 2.24) is 4.90 Å². The normalized spacial score (nSPS) is 22.9. The number of likely N-dealkylation sites (tertiary alicyclic amines) is 1. The highest BCUT2D eigenvalue weighted by Gasteiger charge is 2.20. The summed E-state index contributed by atoms with van der Waals surface area (Å²) in [5, 5.41) is 0. The number of carbonyl (C=O) groups is 1. The molecule has 1 amide bonds. The standard InChI is InChI=1S/C7H14N2O/c1-9-4-2-6(3-5-9)7(8)10/h6H,2-5H2,1H3,(H2,8,10). The monoisotopic (exact) mass is 142 g/mol. The van der Waals surface area contributed by atoms with E-state index in [4.69, 9.17) is 5.73 Å². The van der Waals surface area contributed by atoms with Gasteiger partial charge in [0.25, 0.3) is 0 Å². The zero-order chi connectivity index (χ0) is 7.56. The number of rotatable bonds is 1. The number of nitrogens with two attached hydrogens (primary N) is 1. The van der Waals surface area contributed by atoms with Crippen LogP contribution in [0.4, 0.5) is 0 Å². The molecule has 0 saturated carbocycles. The van der Waals surface area contributed by atoms with Crippen LogP contribution in [-0.4, -0.2) is 30.9 Å². The van der Waals surface area contributed by atoms with Crippen LogP contribution in [0.2, 0.25) is 0 Å². The molecule has 1 heterocycles. The molecular weight excluding hydrogens is 128 g/mol. The summed E-state index contributed by atoms with van der Waals surface area (Å²) in [6.45, 7) is 2.02. The predicted octanol–water partition coefficient (Wildman–Crippen LogP) is -0.187. The number of primary amides is 1. The van der Waals surface area contributed by atoms with Crippen LogP contribution < -0.4 is 5.73 Å². The molecule has 0 aromatic rings. The molecule has 0 unspecified atom stereocenters. The molecule has 0 radical (unpaired) electrons. The van der Waals surface area contributed by atoms with Crippen LogP contribution in [0.15, 0.2) is 0 Å². The van der Waals surface area contributed by atoms with E-state index in [-0.39, 0.29) is 11.8 Å². The molecule has 1 aliphatic rings. The Bertz CT molecular complexity index is 128. The van der Waals surface area contributed by atoms with E-state index in [1.54, 1.807) is 0 Å². The highest BCUT2D eigenvalue weighted by molar-refractivity contribution is 5.76. The van der Waals surface area contributed by atoms with E-state index < -0.39 is 0 Å². The molecule has 2 N–H and O–H groups in total. The Labute approximate surface area is 61.2 Å². The van der Waals surface area contributed by atoms with Gasteiger partial charge in [-0.25, -0.2) is 0 Å². The number of hydrogen-bond donors (Lipinski definition) is 1. The molecule has 1 fully saturated rings. The van der Waals surface area contributed by atoms with E-state index in [9.17, 15) is 4.79 Å². The smallest absolute Gasteiger partial charge is 0.220 e. The van der Waals surface area contributed by atoms with Gasteiger partial charge in [0.15, 0.2) is 0 Å². The van der Waals surface area contributed by atoms with Crippen molar-refractivity contribution in [3.05, 3.63) is 0 Å². The summed E-state index contributed by atoms with van der Waals surface area (Å²) >= 11 is 0. The number of amides is 1. The molecule has 1 aliphatic heterocycles. The molecule has 0 aromatic carbocycles. The maximum Gasteiger partial charge on any atom is 0.220 e. The molecule has 0 atom stereocenters. The van der Waals surface area contributed by atoms with Crippen molar-refractivity contribution in [1.29, 1.82) is 0 Å². The van der Waals surface area contributed by atoms with Gasteiger partial charge in [-0.1, -0.05) is 0 Å². The molecule has 1 saturated heterocycles. The second-order valence-corrected chi connectivity index (χ2v) is 2.98. The molecule has 0 bridgehead atoms. The van der Waals surface area contributed by atoms with E-state index in [0.717, 1.165) is 25.9 Å². The molecule has 3 heteroatoms. The fraction of sp³-hybridized carbons (Fsp3) is 0.857. The highest BCUT2D eigenvalue weighted by atomic mass is 16.1. The maximum atomic E-state index is 10.7. The molecule has 0 aromatic heterocycles. The topological polar surface area (TPSA) is 46.3 Å². The third-order valence-electron chi connectivity index (χ3n) is 2.12. The molecule has 0 spiro atoms. The van der Waals surface area contributed by atoms with E-state index in [1.165, 1.54) is 0 Å². The lowest BCUT2D eigenvalue weighted by molar-refractivity contribution is -0.123. The lowest BCUT2D eigenvalue weighted by atomic mass is 9.97. The van der Waals surface area contributed by atoms with Gasteiger partial charge in [0.2, 0.25) is 5.91 Å². The zero-order valence-electron chi connectivity index (χ0n) is 6.34. The van der Waals surface area contributed by atoms with Gasteiger partial charge >= 0.3 is 0 Å². The summed E-state index contributed by atoms with van der Waals surface area (Å²) in [6, 6.07) is 0. The van der Waals surface area contributed by atoms with Gasteiger partial charge in [-0.3, -0.25) is 4.79 Å². The van der Waals surface area contributed by atoms with Crippen molar-refractivity contribution < 1.29 is 4.79 Å². The van der Waals surface area contributed by atoms with Gasteiger partial charge in [0.05, 0.1) is 0 Å². The van der Waals surface area contributed by atoms with Gasteiger partial charge in [0.1, 0.15) is 0 Å². The van der Waals surface area contributed by atoms with Crippen LogP contribution in [0, 0.1) is 5.92 Å². The number of carbonyl (C=O) groups excluding carboxylic acids is 1. The minimum Gasteiger partial charge on any atom is -0.369 e. The molecule has 58 valence electrons. The van der Waals surface area contributed by atoms with Crippen molar-refractivity contribution in [2.75, 3.05) is 20.1 Å². The number of piperidine rings is 1. The largest absolute Gasteiger partial charge is 0.369 e. The van der Waals surface area contributed by atoms with Crippen molar-refractivity contribution in [2.24, 2.45) is 11.7 Å². The zero-order valence-corrected chi connectivity index (χ0v) is 6.34. The van der Waals surface area contributed by atoms with Crippen LogP contribution in [0.5, 0.6) is 0 Å². The van der Waals surface area contributed by atoms with E-state index in [2.05, 4.69) is 11.9 Å². The van der Waals surface area contributed by atoms with E-state index >= 15 is 0 Å². The van der Waals surface area contributed by atoms with Crippen molar-refractivity contribution in [2.45, 2.75) is 12.8 Å². The second-order valence-electron chi connectivity index (χ2n) is 2.98.